The highest BCUT2D eigenvalue weighted by molar-refractivity contribution is 8.00. The lowest BCUT2D eigenvalue weighted by atomic mass is 10.0. The zero-order valence-electron chi connectivity index (χ0n) is 13.1. The number of hydrogen-bond acceptors (Lipinski definition) is 9. The number of oxime groups is 1. The number of halogens is 1. The first kappa shape index (κ1) is 18.5. The second-order valence-corrected chi connectivity index (χ2v) is 7.56. The molecule has 1 fully saturated rings. The van der Waals surface area contributed by atoms with Gasteiger partial charge in [-0.3, -0.25) is 14.5 Å². The van der Waals surface area contributed by atoms with Crippen LogP contribution in [0.1, 0.15) is 5.69 Å². The second kappa shape index (κ2) is 7.13. The van der Waals surface area contributed by atoms with Gasteiger partial charge in [-0.05, 0) is 0 Å². The van der Waals surface area contributed by atoms with Gasteiger partial charge in [-0.15, -0.1) is 23.1 Å². The fraction of sp³-hybridized carbons (Fsp3) is 0.308. The Balaban J connectivity index is 1.78. The number of fused-ring (bicyclic) bond motifs is 1. The zero-order chi connectivity index (χ0) is 19.0. The van der Waals surface area contributed by atoms with Crippen LogP contribution >= 0.6 is 34.7 Å². The first-order valence-corrected chi connectivity index (χ1v) is 9.35. The van der Waals surface area contributed by atoms with Crippen molar-refractivity contribution < 1.29 is 24.3 Å². The SMILES string of the molecule is CON=C(C(=O)NC1C(=O)N2C(C(=O)O)=C(Cl)CS[C@H]12)c1csc(N)n1. The molecule has 4 N–H and O–H groups in total. The van der Waals surface area contributed by atoms with Crippen LogP contribution in [0.3, 0.4) is 0 Å². The molecular formula is C13H12ClN5O5S2. The van der Waals surface area contributed by atoms with Gasteiger partial charge >= 0.3 is 5.97 Å². The molecule has 1 unspecified atom stereocenters. The Hall–Kier alpha value is -2.31. The number of amides is 2. The summed E-state index contributed by atoms with van der Waals surface area (Å²) in [6.45, 7) is 0. The molecule has 0 saturated carbocycles. The molecule has 13 heteroatoms. The van der Waals surface area contributed by atoms with Gasteiger partial charge in [-0.1, -0.05) is 16.8 Å². The highest BCUT2D eigenvalue weighted by Gasteiger charge is 2.54. The minimum absolute atomic E-state index is 0.0801. The average Bonchev–Trinajstić information content (AvgIpc) is 3.02. The van der Waals surface area contributed by atoms with Crippen LogP contribution in [0.2, 0.25) is 0 Å². The van der Waals surface area contributed by atoms with Gasteiger partial charge in [0, 0.05) is 11.1 Å². The highest BCUT2D eigenvalue weighted by Crippen LogP contribution is 2.41. The summed E-state index contributed by atoms with van der Waals surface area (Å²) in [7, 11) is 1.27. The predicted octanol–water partition coefficient (Wildman–Crippen LogP) is 0.0107. The van der Waals surface area contributed by atoms with Crippen LogP contribution in [0.4, 0.5) is 5.13 Å². The van der Waals surface area contributed by atoms with Gasteiger partial charge in [-0.25, -0.2) is 9.78 Å². The van der Waals surface area contributed by atoms with E-state index in [-0.39, 0.29) is 33.0 Å². The van der Waals surface area contributed by atoms with Gasteiger partial charge in [0.1, 0.15) is 29.9 Å². The van der Waals surface area contributed by atoms with E-state index < -0.39 is 29.2 Å². The van der Waals surface area contributed by atoms with Crippen LogP contribution in [-0.2, 0) is 19.2 Å². The molecule has 0 aliphatic carbocycles. The summed E-state index contributed by atoms with van der Waals surface area (Å²) in [5.41, 5.74) is 5.37. The number of carboxylic acid groups (broad SMARTS) is 1. The molecule has 0 bridgehead atoms. The van der Waals surface area contributed by atoms with E-state index in [0.29, 0.717) is 0 Å². The second-order valence-electron chi connectivity index (χ2n) is 5.11. The first-order valence-electron chi connectivity index (χ1n) is 7.05. The summed E-state index contributed by atoms with van der Waals surface area (Å²) in [5.74, 6) is -2.32. The van der Waals surface area contributed by atoms with E-state index >= 15 is 0 Å². The molecule has 26 heavy (non-hydrogen) atoms. The monoisotopic (exact) mass is 417 g/mol. The maximum atomic E-state index is 12.5. The van der Waals surface area contributed by atoms with E-state index in [0.717, 1.165) is 16.2 Å². The average molecular weight is 418 g/mol. The Bertz CT molecular complexity index is 854. The largest absolute Gasteiger partial charge is 0.477 e. The topological polar surface area (TPSA) is 147 Å². The van der Waals surface area contributed by atoms with Crippen LogP contribution in [0.15, 0.2) is 21.3 Å². The van der Waals surface area contributed by atoms with E-state index in [1.165, 1.54) is 24.3 Å². The van der Waals surface area contributed by atoms with Gasteiger partial charge in [0.05, 0.1) is 5.03 Å². The van der Waals surface area contributed by atoms with Crippen molar-refractivity contribution in [1.29, 1.82) is 0 Å². The minimum atomic E-state index is -1.29. The fourth-order valence-electron chi connectivity index (χ4n) is 2.48. The van der Waals surface area contributed by atoms with E-state index in [2.05, 4.69) is 20.3 Å². The summed E-state index contributed by atoms with van der Waals surface area (Å²) in [6, 6.07) is -0.912. The molecule has 1 saturated heterocycles. The van der Waals surface area contributed by atoms with E-state index in [4.69, 9.17) is 17.3 Å². The summed E-state index contributed by atoms with van der Waals surface area (Å²) in [5, 5.41) is 16.7. The lowest BCUT2D eigenvalue weighted by Gasteiger charge is -2.48. The number of thioether (sulfide) groups is 1. The van der Waals surface area contributed by atoms with Gasteiger partial charge in [0.15, 0.2) is 10.8 Å². The van der Waals surface area contributed by atoms with Gasteiger partial charge in [0.25, 0.3) is 11.8 Å². The number of β-lactam (4-membered cyclic amide) rings is 1. The van der Waals surface area contributed by atoms with Crippen LogP contribution < -0.4 is 11.1 Å². The molecular weight excluding hydrogens is 406 g/mol. The lowest BCUT2D eigenvalue weighted by Crippen LogP contribution is -2.71. The number of nitrogens with one attached hydrogen (secondary N) is 1. The molecule has 1 aromatic rings. The smallest absolute Gasteiger partial charge is 0.353 e. The van der Waals surface area contributed by atoms with Crippen molar-refractivity contribution in [3.63, 3.8) is 0 Å². The van der Waals surface area contributed by atoms with Crippen molar-refractivity contribution in [2.75, 3.05) is 18.6 Å². The molecule has 0 radical (unpaired) electrons. The molecule has 138 valence electrons. The van der Waals surface area contributed by atoms with Crippen LogP contribution in [0.5, 0.6) is 0 Å². The van der Waals surface area contributed by atoms with Crippen molar-refractivity contribution in [3.05, 3.63) is 21.8 Å². The lowest BCUT2D eigenvalue weighted by molar-refractivity contribution is -0.150. The minimum Gasteiger partial charge on any atom is -0.477 e. The Morgan fingerprint density at radius 3 is 2.88 bits per heavy atom. The zero-order valence-corrected chi connectivity index (χ0v) is 15.5. The molecule has 1 aromatic heterocycles. The first-order chi connectivity index (χ1) is 12.3. The summed E-state index contributed by atoms with van der Waals surface area (Å²) in [4.78, 5) is 45.9. The van der Waals surface area contributed by atoms with Gasteiger partial charge in [0.2, 0.25) is 0 Å². The summed E-state index contributed by atoms with van der Waals surface area (Å²) in [6.07, 6.45) is 0. The number of anilines is 1. The number of carbonyl (C=O) groups is 3. The van der Waals surface area contributed by atoms with Gasteiger partial charge < -0.3 is 21.0 Å². The molecule has 3 rings (SSSR count). The molecule has 10 nitrogen and oxygen atoms in total. The van der Waals surface area contributed by atoms with Crippen molar-refractivity contribution in [1.82, 2.24) is 15.2 Å². The third-order valence-corrected chi connectivity index (χ3v) is 6.00. The van der Waals surface area contributed by atoms with E-state index in [1.807, 2.05) is 0 Å². The Morgan fingerprint density at radius 2 is 2.31 bits per heavy atom. The number of rotatable bonds is 5. The van der Waals surface area contributed by atoms with E-state index in [9.17, 15) is 19.5 Å². The van der Waals surface area contributed by atoms with E-state index in [1.54, 1.807) is 0 Å². The van der Waals surface area contributed by atoms with Crippen molar-refractivity contribution in [2.45, 2.75) is 11.4 Å². The van der Waals surface area contributed by atoms with Crippen molar-refractivity contribution >= 4 is 63.3 Å². The Labute approximate surface area is 160 Å². The number of nitrogens with zero attached hydrogens (tertiary/aromatic N) is 3. The third kappa shape index (κ3) is 3.10. The van der Waals surface area contributed by atoms with Crippen molar-refractivity contribution in [3.8, 4) is 0 Å². The number of thiazole rings is 1. The fourth-order valence-corrected chi connectivity index (χ4v) is 4.58. The molecule has 3 heterocycles. The summed E-state index contributed by atoms with van der Waals surface area (Å²) >= 11 is 8.28. The molecule has 0 spiro atoms. The molecule has 2 aliphatic rings. The number of nitrogens with two attached hydrogens (primary N) is 1. The molecule has 2 atom stereocenters. The number of aliphatic carboxylic acids is 1. The highest BCUT2D eigenvalue weighted by atomic mass is 35.5. The quantitative estimate of drug-likeness (QED) is 0.345. The van der Waals surface area contributed by atoms with Gasteiger partial charge in [-0.2, -0.15) is 0 Å². The number of aromatic nitrogens is 1. The standard InChI is InChI=1S/C13H12ClN5O5S2/c1-24-18-6(5-3-26-13(15)16-5)9(20)17-7-10(21)19-8(12(22)23)4(14)2-25-11(7)19/h3,7,11H,2H2,1H3,(H2,15,16)(H,17,20)(H,22,23)/t7?,11-/m1/s1. The molecule has 0 aromatic carbocycles. The molecule has 2 aliphatic heterocycles. The Morgan fingerprint density at radius 1 is 1.58 bits per heavy atom. The normalized spacial score (nSPS) is 22.6. The number of carbonyl (C=O) groups excluding carboxylic acids is 2. The predicted molar refractivity (Wildman–Crippen MR) is 95.6 cm³/mol. The number of carboxylic acids is 1. The van der Waals surface area contributed by atoms with Crippen LogP contribution in [0, 0.1) is 0 Å². The maximum Gasteiger partial charge on any atom is 0.353 e. The number of nitrogen functional groups attached to an aromatic ring is 1. The molecule has 2 amide bonds. The van der Waals surface area contributed by atoms with Crippen LogP contribution in [-0.4, -0.2) is 62.8 Å². The summed E-state index contributed by atoms with van der Waals surface area (Å²) < 4.78 is 0. The third-order valence-electron chi connectivity index (χ3n) is 3.57. The Kier molecular flexibility index (Phi) is 5.07. The number of hydrogen-bond donors (Lipinski definition) is 3. The van der Waals surface area contributed by atoms with Crippen molar-refractivity contribution in [2.24, 2.45) is 5.16 Å². The van der Waals surface area contributed by atoms with Crippen LogP contribution in [0.25, 0.3) is 0 Å². The maximum absolute atomic E-state index is 12.5.